The van der Waals surface area contributed by atoms with Crippen LogP contribution in [0.1, 0.15) is 20.8 Å². The van der Waals surface area contributed by atoms with E-state index < -0.39 is 23.3 Å². The summed E-state index contributed by atoms with van der Waals surface area (Å²) >= 11 is 7.67. The number of benzene rings is 1. The van der Waals surface area contributed by atoms with E-state index in [1.165, 1.54) is 16.8 Å². The van der Waals surface area contributed by atoms with Crippen molar-refractivity contribution in [2.45, 2.75) is 31.3 Å². The summed E-state index contributed by atoms with van der Waals surface area (Å²) in [7, 11) is 0. The van der Waals surface area contributed by atoms with Crippen molar-refractivity contribution in [3.05, 3.63) is 39.7 Å². The fourth-order valence-electron chi connectivity index (χ4n) is 1.46. The van der Waals surface area contributed by atoms with Crippen molar-refractivity contribution in [3.63, 3.8) is 0 Å². The minimum absolute atomic E-state index is 0.0183. The van der Waals surface area contributed by atoms with E-state index in [1.807, 2.05) is 0 Å². The molecule has 0 aliphatic rings. The zero-order valence-corrected chi connectivity index (χ0v) is 14.9. The number of rotatable bonds is 3. The second-order valence-electron chi connectivity index (χ2n) is 5.41. The molecule has 0 saturated carbocycles. The van der Waals surface area contributed by atoms with Crippen LogP contribution in [0, 0.1) is 11.6 Å². The van der Waals surface area contributed by atoms with Crippen LogP contribution in [0.4, 0.5) is 19.4 Å². The summed E-state index contributed by atoms with van der Waals surface area (Å²) in [6.07, 6.45) is -0.715. The van der Waals surface area contributed by atoms with Gasteiger partial charge in [-0.05, 0) is 26.8 Å². The second-order valence-corrected chi connectivity index (χ2v) is 7.52. The van der Waals surface area contributed by atoms with Crippen LogP contribution < -0.4 is 4.31 Å². The molecule has 0 bridgehead atoms. The smallest absolute Gasteiger partial charge is 0.426 e. The van der Waals surface area contributed by atoms with Crippen molar-refractivity contribution in [1.82, 2.24) is 4.98 Å². The lowest BCUT2D eigenvalue weighted by Gasteiger charge is -2.25. The molecule has 4 nitrogen and oxygen atoms in total. The van der Waals surface area contributed by atoms with E-state index in [1.54, 1.807) is 26.2 Å². The van der Waals surface area contributed by atoms with E-state index in [-0.39, 0.29) is 15.7 Å². The highest BCUT2D eigenvalue weighted by atomic mass is 35.5. The van der Waals surface area contributed by atoms with Crippen LogP contribution in [0.2, 0.25) is 5.02 Å². The predicted octanol–water partition coefficient (Wildman–Crippen LogP) is 5.52. The molecule has 1 aromatic carbocycles. The number of ether oxygens (including phenoxy) is 1. The summed E-state index contributed by atoms with van der Waals surface area (Å²) in [5.74, 6) is -1.42. The molecule has 0 aliphatic carbocycles. The topological polar surface area (TPSA) is 42.4 Å². The maximum absolute atomic E-state index is 13.9. The summed E-state index contributed by atoms with van der Waals surface area (Å²) in [5.41, 5.74) is 0.798. The van der Waals surface area contributed by atoms with Crippen molar-refractivity contribution < 1.29 is 18.3 Å². The number of hydrogen-bond acceptors (Lipinski definition) is 5. The molecule has 23 heavy (non-hydrogen) atoms. The summed E-state index contributed by atoms with van der Waals surface area (Å²) in [6, 6.07) is 1.78. The first-order valence-corrected chi connectivity index (χ1v) is 8.50. The summed E-state index contributed by atoms with van der Waals surface area (Å²) in [6.45, 7) is 5.14. The average molecular weight is 379 g/mol. The van der Waals surface area contributed by atoms with Crippen molar-refractivity contribution >= 4 is 46.8 Å². The Kier molecular flexibility index (Phi) is 5.49. The van der Waals surface area contributed by atoms with E-state index in [0.29, 0.717) is 6.07 Å². The summed E-state index contributed by atoms with van der Waals surface area (Å²) in [4.78, 5) is 16.4. The molecule has 1 heterocycles. The van der Waals surface area contributed by atoms with Gasteiger partial charge in [-0.3, -0.25) is 0 Å². The molecule has 0 N–H and O–H groups in total. The third-order valence-corrected chi connectivity index (χ3v) is 4.24. The van der Waals surface area contributed by atoms with Gasteiger partial charge in [-0.15, -0.1) is 11.3 Å². The molecule has 0 radical (unpaired) electrons. The highest BCUT2D eigenvalue weighted by Crippen LogP contribution is 2.34. The van der Waals surface area contributed by atoms with Gasteiger partial charge < -0.3 is 4.74 Å². The molecule has 9 heteroatoms. The van der Waals surface area contributed by atoms with Crippen LogP contribution in [0.25, 0.3) is 0 Å². The first kappa shape index (κ1) is 18.0. The molecule has 0 spiro atoms. The molecule has 0 saturated heterocycles. The summed E-state index contributed by atoms with van der Waals surface area (Å²) < 4.78 is 33.6. The van der Waals surface area contributed by atoms with Crippen molar-refractivity contribution in [2.75, 3.05) is 4.31 Å². The van der Waals surface area contributed by atoms with Gasteiger partial charge in [0.1, 0.15) is 17.2 Å². The highest BCUT2D eigenvalue weighted by molar-refractivity contribution is 8.01. The number of amides is 1. The van der Waals surface area contributed by atoms with Crippen LogP contribution >= 0.6 is 34.9 Å². The molecule has 1 aromatic heterocycles. The standard InChI is InChI=1S/C14H13ClF2N2O2S2/c1-14(2,3)21-13(20)19(12-6-22-7-18-12)23-11-4-8(15)9(16)5-10(11)17/h4-7H,1-3H3. The van der Waals surface area contributed by atoms with E-state index in [4.69, 9.17) is 16.3 Å². The first-order valence-electron chi connectivity index (χ1n) is 6.41. The number of carbonyl (C=O) groups is 1. The number of nitrogens with zero attached hydrogens (tertiary/aromatic N) is 2. The van der Waals surface area contributed by atoms with E-state index in [9.17, 15) is 13.6 Å². The third kappa shape index (κ3) is 4.79. The van der Waals surface area contributed by atoms with Crippen molar-refractivity contribution in [3.8, 4) is 0 Å². The molecule has 1 amide bonds. The van der Waals surface area contributed by atoms with Gasteiger partial charge in [0.05, 0.1) is 15.4 Å². The molecule has 0 unspecified atom stereocenters. The average Bonchev–Trinajstić information content (AvgIpc) is 2.93. The van der Waals surface area contributed by atoms with Crippen LogP contribution in [0.15, 0.2) is 27.9 Å². The Morgan fingerprint density at radius 2 is 2.04 bits per heavy atom. The summed E-state index contributed by atoms with van der Waals surface area (Å²) in [5, 5.41) is 1.37. The van der Waals surface area contributed by atoms with Gasteiger partial charge in [0.25, 0.3) is 0 Å². The zero-order chi connectivity index (χ0) is 17.2. The molecule has 0 aliphatic heterocycles. The van der Waals surface area contributed by atoms with Crippen LogP contribution in [-0.4, -0.2) is 16.7 Å². The maximum Gasteiger partial charge on any atom is 0.426 e. The SMILES string of the molecule is CC(C)(C)OC(=O)N(Sc1cc(Cl)c(F)cc1F)c1cscn1. The largest absolute Gasteiger partial charge is 0.443 e. The first-order chi connectivity index (χ1) is 10.7. The third-order valence-electron chi connectivity index (χ3n) is 2.35. The van der Waals surface area contributed by atoms with E-state index >= 15 is 0 Å². The van der Waals surface area contributed by atoms with Gasteiger partial charge in [0.15, 0.2) is 5.82 Å². The number of anilines is 1. The molecule has 124 valence electrons. The highest BCUT2D eigenvalue weighted by Gasteiger charge is 2.27. The minimum Gasteiger partial charge on any atom is -0.443 e. The van der Waals surface area contributed by atoms with Gasteiger partial charge in [0, 0.05) is 23.4 Å². The monoisotopic (exact) mass is 378 g/mol. The molecule has 0 fully saturated rings. The number of hydrogen-bond donors (Lipinski definition) is 0. The molecule has 0 atom stereocenters. The van der Waals surface area contributed by atoms with Crippen molar-refractivity contribution in [2.24, 2.45) is 0 Å². The van der Waals surface area contributed by atoms with E-state index in [0.717, 1.165) is 22.3 Å². The molecule has 2 aromatic rings. The Morgan fingerprint density at radius 1 is 1.35 bits per heavy atom. The van der Waals surface area contributed by atoms with Gasteiger partial charge in [-0.25, -0.2) is 18.6 Å². The minimum atomic E-state index is -0.869. The van der Waals surface area contributed by atoms with Crippen molar-refractivity contribution in [1.29, 1.82) is 0 Å². The number of carbonyl (C=O) groups excluding carboxylic acids is 1. The Labute approximate surface area is 145 Å². The van der Waals surface area contributed by atoms with Gasteiger partial charge in [0.2, 0.25) is 0 Å². The van der Waals surface area contributed by atoms with E-state index in [2.05, 4.69) is 4.98 Å². The molecule has 2 rings (SSSR count). The normalized spacial score (nSPS) is 11.4. The zero-order valence-electron chi connectivity index (χ0n) is 12.5. The van der Waals surface area contributed by atoms with Crippen LogP contribution in [0.3, 0.4) is 0 Å². The second kappa shape index (κ2) is 7.02. The Morgan fingerprint density at radius 3 is 2.61 bits per heavy atom. The lowest BCUT2D eigenvalue weighted by molar-refractivity contribution is 0.0611. The number of thiazole rings is 1. The van der Waals surface area contributed by atoms with Gasteiger partial charge in [-0.1, -0.05) is 11.6 Å². The molecular weight excluding hydrogens is 366 g/mol. The number of aromatic nitrogens is 1. The Bertz CT molecular complexity index is 706. The lowest BCUT2D eigenvalue weighted by Crippen LogP contribution is -2.32. The quantitative estimate of drug-likeness (QED) is 0.520. The fraction of sp³-hybridized carbons (Fsp3) is 0.286. The predicted molar refractivity (Wildman–Crippen MR) is 88.1 cm³/mol. The fourth-order valence-corrected chi connectivity index (χ4v) is 3.09. The Balaban J connectivity index is 2.32. The van der Waals surface area contributed by atoms with Gasteiger partial charge in [-0.2, -0.15) is 4.31 Å². The molecular formula is C14H13ClF2N2O2S2. The van der Waals surface area contributed by atoms with Crippen LogP contribution in [-0.2, 0) is 4.74 Å². The maximum atomic E-state index is 13.9. The van der Waals surface area contributed by atoms with Gasteiger partial charge >= 0.3 is 6.09 Å². The number of halogens is 3. The Hall–Kier alpha value is -1.38. The lowest BCUT2D eigenvalue weighted by atomic mass is 10.2. The van der Waals surface area contributed by atoms with Crippen LogP contribution in [0.5, 0.6) is 0 Å².